The Hall–Kier alpha value is -2.45. The monoisotopic (exact) mass is 346 g/mol. The van der Waals surface area contributed by atoms with E-state index in [1.807, 2.05) is 27.7 Å². The number of aromatic nitrogens is 3. The Bertz CT molecular complexity index is 618. The van der Waals surface area contributed by atoms with Gasteiger partial charge < -0.3 is 9.36 Å². The van der Waals surface area contributed by atoms with Crippen molar-refractivity contribution in [2.75, 3.05) is 7.11 Å². The lowest BCUT2D eigenvalue weighted by atomic mass is 10.2. The van der Waals surface area contributed by atoms with Crippen LogP contribution in [-0.4, -0.2) is 27.9 Å². The Balaban J connectivity index is 0.000000563. The van der Waals surface area contributed by atoms with Crippen LogP contribution in [0.1, 0.15) is 39.2 Å². The van der Waals surface area contributed by atoms with E-state index in [1.54, 1.807) is 6.92 Å². The maximum atomic E-state index is 12.2. The highest BCUT2D eigenvalue weighted by molar-refractivity contribution is 5.78. The van der Waals surface area contributed by atoms with E-state index in [0.29, 0.717) is 11.4 Å². The number of hydrogen-bond donors (Lipinski definition) is 0. The normalized spacial score (nSPS) is 9.88. The highest BCUT2D eigenvalue weighted by Gasteiger charge is 2.32. The predicted molar refractivity (Wildman–Crippen MR) is 84.4 cm³/mol. The predicted octanol–water partition coefficient (Wildman–Crippen LogP) is 4.51. The molecule has 0 aromatic carbocycles. The van der Waals surface area contributed by atoms with Crippen molar-refractivity contribution in [2.45, 2.75) is 40.8 Å². The van der Waals surface area contributed by atoms with Crippen LogP contribution in [0.25, 0.3) is 11.5 Å². The molecule has 2 aromatic heterocycles. The fraction of sp³-hybridized carbons (Fsp3) is 0.467. The molecule has 2 heterocycles. The summed E-state index contributed by atoms with van der Waals surface area (Å²) in [6.45, 7) is 9.37. The number of pyridine rings is 1. The fourth-order valence-corrected chi connectivity index (χ4v) is 1.28. The average molecular weight is 346 g/mol. The molecule has 0 atom stereocenters. The van der Waals surface area contributed by atoms with Crippen LogP contribution in [0.5, 0.6) is 0 Å². The molecule has 0 aliphatic carbocycles. The zero-order valence-corrected chi connectivity index (χ0v) is 14.5. The van der Waals surface area contributed by atoms with E-state index in [0.717, 1.165) is 18.0 Å². The number of rotatable bonds is 2. The molecule has 0 N–H and O–H groups in total. The fourth-order valence-electron chi connectivity index (χ4n) is 1.28. The molecule has 24 heavy (non-hydrogen) atoms. The second kappa shape index (κ2) is 10.3. The van der Waals surface area contributed by atoms with Gasteiger partial charge in [-0.2, -0.15) is 18.2 Å². The molecule has 0 unspecified atom stereocenters. The van der Waals surface area contributed by atoms with Crippen molar-refractivity contribution in [1.82, 2.24) is 15.1 Å². The summed E-state index contributed by atoms with van der Waals surface area (Å²) < 4.78 is 41.4. The smallest absolute Gasteiger partial charge is 0.399 e. The zero-order chi connectivity index (χ0) is 18.8. The van der Waals surface area contributed by atoms with Crippen molar-refractivity contribution in [3.8, 4) is 11.5 Å². The van der Waals surface area contributed by atoms with E-state index < -0.39 is 11.9 Å². The molecule has 0 saturated heterocycles. The van der Waals surface area contributed by atoms with Crippen molar-refractivity contribution in [2.24, 2.45) is 5.16 Å². The topological polar surface area (TPSA) is 73.4 Å². The molecule has 0 amide bonds. The standard InChI is InChI=1S/C9H6F3N3O.C4H9NO.C2H6/c1-5-14-8(16-15-5)6-2-3-7(13-4-6)9(10,11)12;1-4(2)5-6-3;1-2/h2-4H,1H3;1-3H3;1-2H3. The highest BCUT2D eigenvalue weighted by Crippen LogP contribution is 2.28. The van der Waals surface area contributed by atoms with Gasteiger partial charge in [0.25, 0.3) is 5.89 Å². The van der Waals surface area contributed by atoms with E-state index in [4.69, 9.17) is 4.52 Å². The first-order valence-electron chi connectivity index (χ1n) is 7.12. The molecule has 0 saturated carbocycles. The lowest BCUT2D eigenvalue weighted by molar-refractivity contribution is -0.141. The van der Waals surface area contributed by atoms with E-state index in [9.17, 15) is 13.2 Å². The lowest BCUT2D eigenvalue weighted by Gasteiger charge is -2.04. The van der Waals surface area contributed by atoms with Crippen LogP contribution in [0, 0.1) is 6.92 Å². The van der Waals surface area contributed by atoms with Gasteiger partial charge in [-0.3, -0.25) is 4.98 Å². The van der Waals surface area contributed by atoms with Gasteiger partial charge in [0, 0.05) is 6.20 Å². The number of hydrogen-bond acceptors (Lipinski definition) is 6. The first-order chi connectivity index (χ1) is 11.2. The molecule has 2 rings (SSSR count). The van der Waals surface area contributed by atoms with Gasteiger partial charge in [-0.1, -0.05) is 24.2 Å². The minimum atomic E-state index is -4.44. The van der Waals surface area contributed by atoms with Gasteiger partial charge >= 0.3 is 6.18 Å². The van der Waals surface area contributed by atoms with Gasteiger partial charge in [0.1, 0.15) is 12.8 Å². The number of alkyl halides is 3. The Morgan fingerprint density at radius 2 is 1.83 bits per heavy atom. The summed E-state index contributed by atoms with van der Waals surface area (Å²) in [6, 6.07) is 2.11. The summed E-state index contributed by atoms with van der Waals surface area (Å²) in [5, 5.41) is 7.07. The van der Waals surface area contributed by atoms with Crippen LogP contribution in [0.4, 0.5) is 13.2 Å². The molecule has 2 aromatic rings. The largest absolute Gasteiger partial charge is 0.433 e. The van der Waals surface area contributed by atoms with Crippen molar-refractivity contribution >= 4 is 5.71 Å². The number of nitrogens with zero attached hydrogens (tertiary/aromatic N) is 4. The number of aryl methyl sites for hydroxylation is 1. The second-order valence-electron chi connectivity index (χ2n) is 4.30. The summed E-state index contributed by atoms with van der Waals surface area (Å²) >= 11 is 0. The van der Waals surface area contributed by atoms with Crippen molar-refractivity contribution < 1.29 is 22.5 Å². The van der Waals surface area contributed by atoms with E-state index in [1.165, 1.54) is 13.2 Å². The van der Waals surface area contributed by atoms with Crippen LogP contribution in [0.2, 0.25) is 0 Å². The van der Waals surface area contributed by atoms with Crippen LogP contribution in [-0.2, 0) is 11.0 Å². The zero-order valence-electron chi connectivity index (χ0n) is 14.5. The average Bonchev–Trinajstić information content (AvgIpc) is 2.96. The number of halogens is 3. The molecular weight excluding hydrogens is 325 g/mol. The molecular formula is C15H21F3N4O2. The van der Waals surface area contributed by atoms with Crippen LogP contribution in [0.3, 0.4) is 0 Å². The molecule has 0 spiro atoms. The first kappa shape index (κ1) is 21.6. The van der Waals surface area contributed by atoms with Gasteiger partial charge in [0.2, 0.25) is 0 Å². The van der Waals surface area contributed by atoms with E-state index in [-0.39, 0.29) is 5.89 Å². The van der Waals surface area contributed by atoms with Crippen LogP contribution in [0.15, 0.2) is 28.0 Å². The highest BCUT2D eigenvalue weighted by atomic mass is 19.4. The molecule has 0 aliphatic rings. The molecule has 134 valence electrons. The van der Waals surface area contributed by atoms with Crippen molar-refractivity contribution in [3.05, 3.63) is 29.8 Å². The summed E-state index contributed by atoms with van der Waals surface area (Å²) in [5.74, 6) is 0.564. The Kier molecular flexibility index (Phi) is 9.29. The first-order valence-corrected chi connectivity index (χ1v) is 7.12. The SMILES string of the molecule is CC.CON=C(C)C.Cc1noc(-c2ccc(C(F)(F)F)nc2)n1. The molecule has 0 radical (unpaired) electrons. The summed E-state index contributed by atoms with van der Waals surface area (Å²) in [6.07, 6.45) is -3.39. The summed E-state index contributed by atoms with van der Waals surface area (Å²) in [4.78, 5) is 11.5. The lowest BCUT2D eigenvalue weighted by Crippen LogP contribution is -2.07. The maximum absolute atomic E-state index is 12.2. The van der Waals surface area contributed by atoms with Crippen molar-refractivity contribution in [3.63, 3.8) is 0 Å². The van der Waals surface area contributed by atoms with E-state index in [2.05, 4.69) is 25.1 Å². The Morgan fingerprint density at radius 1 is 1.21 bits per heavy atom. The summed E-state index contributed by atoms with van der Waals surface area (Å²) in [7, 11) is 1.53. The third kappa shape index (κ3) is 7.70. The summed E-state index contributed by atoms with van der Waals surface area (Å²) in [5.41, 5.74) is 0.346. The third-order valence-corrected chi connectivity index (χ3v) is 2.10. The number of oxime groups is 1. The molecule has 6 nitrogen and oxygen atoms in total. The van der Waals surface area contributed by atoms with E-state index >= 15 is 0 Å². The Labute approximate surface area is 138 Å². The quantitative estimate of drug-likeness (QED) is 0.591. The second-order valence-corrected chi connectivity index (χ2v) is 4.30. The molecule has 0 aliphatic heterocycles. The minimum absolute atomic E-state index is 0.152. The van der Waals surface area contributed by atoms with Gasteiger partial charge in [-0.25, -0.2) is 0 Å². The van der Waals surface area contributed by atoms with Gasteiger partial charge in [0.05, 0.1) is 11.3 Å². The molecule has 9 heteroatoms. The van der Waals surface area contributed by atoms with Gasteiger partial charge in [-0.15, -0.1) is 0 Å². The molecule has 0 bridgehead atoms. The van der Waals surface area contributed by atoms with Crippen molar-refractivity contribution in [1.29, 1.82) is 0 Å². The Morgan fingerprint density at radius 3 is 2.12 bits per heavy atom. The maximum Gasteiger partial charge on any atom is 0.433 e. The van der Waals surface area contributed by atoms with Crippen LogP contribution < -0.4 is 0 Å². The third-order valence-electron chi connectivity index (χ3n) is 2.10. The van der Waals surface area contributed by atoms with Gasteiger partial charge in [0.15, 0.2) is 5.82 Å². The minimum Gasteiger partial charge on any atom is -0.399 e. The van der Waals surface area contributed by atoms with Crippen LogP contribution >= 0.6 is 0 Å². The van der Waals surface area contributed by atoms with Gasteiger partial charge in [-0.05, 0) is 32.9 Å². The molecule has 0 fully saturated rings.